The normalized spacial score (nSPS) is 19.6. The third-order valence-corrected chi connectivity index (χ3v) is 5.37. The van der Waals surface area contributed by atoms with Crippen LogP contribution in [0.15, 0.2) is 48.9 Å². The highest BCUT2D eigenvalue weighted by Crippen LogP contribution is 2.28. The number of methoxy groups -OCH3 is 1. The van der Waals surface area contributed by atoms with Crippen molar-refractivity contribution in [1.29, 1.82) is 0 Å². The van der Waals surface area contributed by atoms with Crippen molar-refractivity contribution in [1.82, 2.24) is 24.9 Å². The van der Waals surface area contributed by atoms with E-state index in [2.05, 4.69) is 27.5 Å². The number of nitrogens with zero attached hydrogens (tertiary/aromatic N) is 3. The lowest BCUT2D eigenvalue weighted by Crippen LogP contribution is -2.54. The van der Waals surface area contributed by atoms with Gasteiger partial charge in [0.2, 0.25) is 5.54 Å². The van der Waals surface area contributed by atoms with Gasteiger partial charge in [0, 0.05) is 36.3 Å². The molecule has 2 aliphatic heterocycles. The summed E-state index contributed by atoms with van der Waals surface area (Å²) >= 11 is 0. The smallest absolute Gasteiger partial charge is 0.323 e. The Hall–Kier alpha value is -4.32. The standard InChI is InChI=1S/C22H17N5O4/c1-31-16-4-3-15-12-27(19(28)17(15)10-16)13-22(20(29)24-21(30)25-22)7-6-14-2-5-18-23-8-9-26(18)11-14/h2-5,8-11H,12-13H2,1H3,(H2,24,25,29,30)/t22-/m1/s1. The van der Waals surface area contributed by atoms with E-state index < -0.39 is 17.5 Å². The van der Waals surface area contributed by atoms with Gasteiger partial charge in [-0.15, -0.1) is 0 Å². The number of carbonyl (C=O) groups is 3. The maximum absolute atomic E-state index is 12.9. The quantitative estimate of drug-likeness (QED) is 0.489. The van der Waals surface area contributed by atoms with Crippen LogP contribution in [-0.4, -0.2) is 51.3 Å². The van der Waals surface area contributed by atoms with Crippen LogP contribution in [0, 0.1) is 11.8 Å². The number of pyridine rings is 1. The van der Waals surface area contributed by atoms with Crippen LogP contribution in [0.4, 0.5) is 4.79 Å². The Bertz CT molecular complexity index is 1320. The highest BCUT2D eigenvalue weighted by molar-refractivity contribution is 6.10. The van der Waals surface area contributed by atoms with Gasteiger partial charge in [0.25, 0.3) is 11.8 Å². The first-order valence-corrected chi connectivity index (χ1v) is 9.53. The molecular formula is C22H17N5O4. The van der Waals surface area contributed by atoms with E-state index in [1.807, 2.05) is 6.07 Å². The molecule has 0 unspecified atom stereocenters. The molecule has 2 aliphatic rings. The monoisotopic (exact) mass is 415 g/mol. The third-order valence-electron chi connectivity index (χ3n) is 5.37. The maximum Gasteiger partial charge on any atom is 0.323 e. The summed E-state index contributed by atoms with van der Waals surface area (Å²) < 4.78 is 7.00. The third kappa shape index (κ3) is 3.14. The highest BCUT2D eigenvalue weighted by Gasteiger charge is 2.48. The lowest BCUT2D eigenvalue weighted by molar-refractivity contribution is -0.122. The Labute approximate surface area is 177 Å². The van der Waals surface area contributed by atoms with Crippen LogP contribution < -0.4 is 15.4 Å². The molecule has 0 bridgehead atoms. The molecule has 9 heteroatoms. The average molecular weight is 415 g/mol. The van der Waals surface area contributed by atoms with Gasteiger partial charge in [-0.05, 0) is 29.8 Å². The van der Waals surface area contributed by atoms with E-state index in [-0.39, 0.29) is 12.5 Å². The summed E-state index contributed by atoms with van der Waals surface area (Å²) in [6.45, 7) is 0.229. The average Bonchev–Trinajstić information content (AvgIpc) is 3.43. The maximum atomic E-state index is 12.9. The zero-order valence-corrected chi connectivity index (χ0v) is 16.5. The van der Waals surface area contributed by atoms with Gasteiger partial charge in [0.15, 0.2) is 0 Å². The molecule has 0 spiro atoms. The van der Waals surface area contributed by atoms with E-state index in [4.69, 9.17) is 4.74 Å². The van der Waals surface area contributed by atoms with Crippen molar-refractivity contribution in [2.45, 2.75) is 12.1 Å². The number of imidazole rings is 1. The molecule has 4 heterocycles. The van der Waals surface area contributed by atoms with Gasteiger partial charge in [-0.3, -0.25) is 14.9 Å². The summed E-state index contributed by atoms with van der Waals surface area (Å²) in [5.41, 5.74) is 1.19. The van der Waals surface area contributed by atoms with Crippen molar-refractivity contribution in [2.75, 3.05) is 13.7 Å². The van der Waals surface area contributed by atoms with Crippen LogP contribution in [0.25, 0.3) is 5.65 Å². The van der Waals surface area contributed by atoms with Gasteiger partial charge in [0.1, 0.15) is 11.4 Å². The van der Waals surface area contributed by atoms with E-state index in [1.54, 1.807) is 47.3 Å². The molecule has 0 aliphatic carbocycles. The lowest BCUT2D eigenvalue weighted by atomic mass is 9.99. The molecule has 154 valence electrons. The predicted molar refractivity (Wildman–Crippen MR) is 109 cm³/mol. The number of aromatic nitrogens is 2. The molecule has 3 aromatic rings. The van der Waals surface area contributed by atoms with Gasteiger partial charge >= 0.3 is 6.03 Å². The van der Waals surface area contributed by atoms with Gasteiger partial charge in [-0.25, -0.2) is 9.78 Å². The van der Waals surface area contributed by atoms with Crippen molar-refractivity contribution in [3.63, 3.8) is 0 Å². The van der Waals surface area contributed by atoms with E-state index in [9.17, 15) is 14.4 Å². The van der Waals surface area contributed by atoms with E-state index in [0.29, 0.717) is 23.4 Å². The Kier molecular flexibility index (Phi) is 4.15. The zero-order valence-electron chi connectivity index (χ0n) is 16.5. The molecule has 5 rings (SSSR count). The van der Waals surface area contributed by atoms with Crippen molar-refractivity contribution in [3.05, 3.63) is 65.6 Å². The first-order valence-electron chi connectivity index (χ1n) is 9.53. The van der Waals surface area contributed by atoms with Crippen LogP contribution >= 0.6 is 0 Å². The Balaban J connectivity index is 1.47. The zero-order chi connectivity index (χ0) is 21.6. The van der Waals surface area contributed by atoms with Crippen LogP contribution in [0.5, 0.6) is 5.75 Å². The molecule has 1 fully saturated rings. The van der Waals surface area contributed by atoms with Crippen LogP contribution in [-0.2, 0) is 11.3 Å². The topological polar surface area (TPSA) is 105 Å². The number of amides is 4. The lowest BCUT2D eigenvalue weighted by Gasteiger charge is -2.26. The van der Waals surface area contributed by atoms with Crippen molar-refractivity contribution in [2.24, 2.45) is 0 Å². The molecule has 0 radical (unpaired) electrons. The van der Waals surface area contributed by atoms with Crippen molar-refractivity contribution < 1.29 is 19.1 Å². The molecule has 4 amide bonds. The molecule has 1 aromatic carbocycles. The van der Waals surface area contributed by atoms with Crippen molar-refractivity contribution >= 4 is 23.5 Å². The first kappa shape index (κ1) is 18.7. The fourth-order valence-corrected chi connectivity index (χ4v) is 3.78. The second-order valence-electron chi connectivity index (χ2n) is 7.36. The van der Waals surface area contributed by atoms with Gasteiger partial charge in [-0.1, -0.05) is 17.9 Å². The van der Waals surface area contributed by atoms with Crippen LogP contribution in [0.3, 0.4) is 0 Å². The number of hydrogen-bond acceptors (Lipinski definition) is 5. The number of ether oxygens (including phenoxy) is 1. The second kappa shape index (κ2) is 6.88. The van der Waals surface area contributed by atoms with Gasteiger partial charge < -0.3 is 19.4 Å². The molecule has 9 nitrogen and oxygen atoms in total. The molecule has 0 saturated carbocycles. The fraction of sp³-hybridized carbons (Fsp3) is 0.182. The SMILES string of the molecule is COc1ccc2c(c1)C(=O)N(C[C@@]1(C#Cc3ccc4nccn4c3)NC(=O)NC1=O)C2. The summed E-state index contributed by atoms with van der Waals surface area (Å²) in [5, 5.41) is 4.84. The van der Waals surface area contributed by atoms with Crippen LogP contribution in [0.1, 0.15) is 21.5 Å². The number of rotatable bonds is 3. The molecular weight excluding hydrogens is 398 g/mol. The summed E-state index contributed by atoms with van der Waals surface area (Å²) in [4.78, 5) is 43.3. The molecule has 1 saturated heterocycles. The molecule has 2 N–H and O–H groups in total. The summed E-state index contributed by atoms with van der Waals surface area (Å²) in [7, 11) is 1.53. The molecule has 2 aromatic heterocycles. The highest BCUT2D eigenvalue weighted by atomic mass is 16.5. The summed E-state index contributed by atoms with van der Waals surface area (Å²) in [6.07, 6.45) is 5.24. The summed E-state index contributed by atoms with van der Waals surface area (Å²) in [5.74, 6) is 5.60. The molecule has 1 atom stereocenters. The van der Waals surface area contributed by atoms with E-state index in [1.165, 1.54) is 12.0 Å². The Morgan fingerprint density at radius 2 is 2.10 bits per heavy atom. The second-order valence-corrected chi connectivity index (χ2v) is 7.36. The number of imide groups is 1. The minimum absolute atomic E-state index is 0.0826. The first-order chi connectivity index (χ1) is 15.0. The molecule has 31 heavy (non-hydrogen) atoms. The minimum atomic E-state index is -1.55. The predicted octanol–water partition coefficient (Wildman–Crippen LogP) is 0.929. The number of hydrogen-bond donors (Lipinski definition) is 2. The van der Waals surface area contributed by atoms with Gasteiger partial charge in [-0.2, -0.15) is 0 Å². The van der Waals surface area contributed by atoms with Gasteiger partial charge in [0.05, 0.1) is 13.7 Å². The van der Waals surface area contributed by atoms with E-state index >= 15 is 0 Å². The Morgan fingerprint density at radius 1 is 1.23 bits per heavy atom. The van der Waals surface area contributed by atoms with E-state index in [0.717, 1.165) is 11.2 Å². The van der Waals surface area contributed by atoms with Crippen LogP contribution in [0.2, 0.25) is 0 Å². The number of fused-ring (bicyclic) bond motifs is 2. The fourth-order valence-electron chi connectivity index (χ4n) is 3.78. The number of urea groups is 1. The minimum Gasteiger partial charge on any atom is -0.497 e. The largest absolute Gasteiger partial charge is 0.497 e. The number of carbonyl (C=O) groups excluding carboxylic acids is 3. The number of benzene rings is 1. The summed E-state index contributed by atoms with van der Waals surface area (Å²) in [6, 6.07) is 8.21. The Morgan fingerprint density at radius 3 is 2.87 bits per heavy atom. The van der Waals surface area contributed by atoms with Crippen molar-refractivity contribution in [3.8, 4) is 17.6 Å². The number of nitrogens with one attached hydrogen (secondary N) is 2.